The molecule has 0 spiro atoms. The molecular formula is C14H14FN. The SMILES string of the molecule is CC#CCN(CC#CC)c1ccccc1F. The maximum Gasteiger partial charge on any atom is 0.146 e. The van der Waals surface area contributed by atoms with E-state index in [1.165, 1.54) is 6.07 Å². The van der Waals surface area contributed by atoms with E-state index >= 15 is 0 Å². The lowest BCUT2D eigenvalue weighted by Crippen LogP contribution is -2.24. The molecule has 0 saturated heterocycles. The largest absolute Gasteiger partial charge is 0.347 e. The van der Waals surface area contributed by atoms with Gasteiger partial charge in [-0.2, -0.15) is 0 Å². The average molecular weight is 215 g/mol. The third-order valence-corrected chi connectivity index (χ3v) is 2.09. The Morgan fingerprint density at radius 3 is 2.12 bits per heavy atom. The van der Waals surface area contributed by atoms with Gasteiger partial charge in [0.15, 0.2) is 0 Å². The Labute approximate surface area is 96.3 Å². The number of hydrogen-bond donors (Lipinski definition) is 0. The van der Waals surface area contributed by atoms with Gasteiger partial charge < -0.3 is 4.90 Å². The molecule has 0 aliphatic heterocycles. The van der Waals surface area contributed by atoms with Gasteiger partial charge in [-0.25, -0.2) is 4.39 Å². The van der Waals surface area contributed by atoms with Crippen molar-refractivity contribution in [2.45, 2.75) is 13.8 Å². The van der Waals surface area contributed by atoms with Crippen LogP contribution in [0.1, 0.15) is 13.8 Å². The van der Waals surface area contributed by atoms with Crippen LogP contribution >= 0.6 is 0 Å². The second-order valence-electron chi connectivity index (χ2n) is 3.16. The van der Waals surface area contributed by atoms with Crippen LogP contribution < -0.4 is 4.90 Å². The molecule has 0 atom stereocenters. The predicted molar refractivity (Wildman–Crippen MR) is 65.5 cm³/mol. The van der Waals surface area contributed by atoms with E-state index in [9.17, 15) is 4.39 Å². The van der Waals surface area contributed by atoms with Crippen molar-refractivity contribution in [3.05, 3.63) is 30.1 Å². The van der Waals surface area contributed by atoms with E-state index in [-0.39, 0.29) is 5.82 Å². The highest BCUT2D eigenvalue weighted by Crippen LogP contribution is 2.17. The van der Waals surface area contributed by atoms with Crippen molar-refractivity contribution in [3.63, 3.8) is 0 Å². The van der Waals surface area contributed by atoms with Gasteiger partial charge in [0.05, 0.1) is 18.8 Å². The van der Waals surface area contributed by atoms with E-state index < -0.39 is 0 Å². The Morgan fingerprint density at radius 1 is 1.06 bits per heavy atom. The van der Waals surface area contributed by atoms with E-state index in [0.717, 1.165) is 0 Å². The Balaban J connectivity index is 2.92. The lowest BCUT2D eigenvalue weighted by Gasteiger charge is -2.20. The minimum absolute atomic E-state index is 0.238. The van der Waals surface area contributed by atoms with Crippen molar-refractivity contribution in [2.75, 3.05) is 18.0 Å². The number of benzene rings is 1. The van der Waals surface area contributed by atoms with Crippen LogP contribution in [0.5, 0.6) is 0 Å². The first kappa shape index (κ1) is 12.1. The summed E-state index contributed by atoms with van der Waals surface area (Å²) in [7, 11) is 0. The molecule has 0 saturated carbocycles. The standard InChI is InChI=1S/C14H14FN/c1-3-5-11-16(12-6-4-2)14-10-8-7-9-13(14)15/h7-10H,11-12H2,1-2H3. The monoisotopic (exact) mass is 215 g/mol. The molecule has 0 heterocycles. The Kier molecular flexibility index (Phi) is 4.96. The number of halogens is 1. The Bertz CT molecular complexity index is 435. The molecule has 2 heteroatoms. The van der Waals surface area contributed by atoms with Gasteiger partial charge in [-0.3, -0.25) is 0 Å². The second kappa shape index (κ2) is 6.53. The first-order chi connectivity index (χ1) is 7.79. The molecular weight excluding hydrogens is 201 g/mol. The fourth-order valence-electron chi connectivity index (χ4n) is 1.28. The number of anilines is 1. The lowest BCUT2D eigenvalue weighted by atomic mass is 10.2. The van der Waals surface area contributed by atoms with Gasteiger partial charge in [0.2, 0.25) is 0 Å². The molecule has 1 aromatic rings. The first-order valence-corrected chi connectivity index (χ1v) is 5.08. The fourth-order valence-corrected chi connectivity index (χ4v) is 1.28. The van der Waals surface area contributed by atoms with Crippen molar-refractivity contribution in [1.82, 2.24) is 0 Å². The summed E-state index contributed by atoms with van der Waals surface area (Å²) >= 11 is 0. The molecule has 0 unspecified atom stereocenters. The predicted octanol–water partition coefficient (Wildman–Crippen LogP) is 2.68. The van der Waals surface area contributed by atoms with Crippen molar-refractivity contribution in [3.8, 4) is 23.7 Å². The molecule has 0 aliphatic rings. The maximum atomic E-state index is 13.6. The van der Waals surface area contributed by atoms with Gasteiger partial charge in [-0.15, -0.1) is 11.8 Å². The fraction of sp³-hybridized carbons (Fsp3) is 0.286. The molecule has 0 radical (unpaired) electrons. The molecule has 0 amide bonds. The van der Waals surface area contributed by atoms with Crippen molar-refractivity contribution >= 4 is 5.69 Å². The number of para-hydroxylation sites is 1. The summed E-state index contributed by atoms with van der Waals surface area (Å²) in [6.45, 7) is 4.52. The van der Waals surface area contributed by atoms with E-state index in [1.54, 1.807) is 26.0 Å². The van der Waals surface area contributed by atoms with Gasteiger partial charge in [0.25, 0.3) is 0 Å². The summed E-state index contributed by atoms with van der Waals surface area (Å²) in [6.07, 6.45) is 0. The summed E-state index contributed by atoms with van der Waals surface area (Å²) in [6, 6.07) is 6.67. The Hall–Kier alpha value is -1.93. The van der Waals surface area contributed by atoms with Crippen molar-refractivity contribution in [2.24, 2.45) is 0 Å². The van der Waals surface area contributed by atoms with E-state index in [0.29, 0.717) is 18.8 Å². The molecule has 0 bridgehead atoms. The molecule has 82 valence electrons. The minimum Gasteiger partial charge on any atom is -0.347 e. The molecule has 1 rings (SSSR count). The zero-order valence-electron chi connectivity index (χ0n) is 9.55. The molecule has 16 heavy (non-hydrogen) atoms. The molecule has 0 aromatic heterocycles. The molecule has 1 nitrogen and oxygen atoms in total. The maximum absolute atomic E-state index is 13.6. The van der Waals surface area contributed by atoms with Crippen LogP contribution in [0.3, 0.4) is 0 Å². The van der Waals surface area contributed by atoms with Crippen LogP contribution in [0.25, 0.3) is 0 Å². The number of nitrogens with zero attached hydrogens (tertiary/aromatic N) is 1. The van der Waals surface area contributed by atoms with Crippen LogP contribution in [0.4, 0.5) is 10.1 Å². The van der Waals surface area contributed by atoms with Gasteiger partial charge in [0, 0.05) is 0 Å². The summed E-state index contributed by atoms with van der Waals surface area (Å²) in [5.41, 5.74) is 0.549. The smallest absolute Gasteiger partial charge is 0.146 e. The first-order valence-electron chi connectivity index (χ1n) is 5.08. The Morgan fingerprint density at radius 2 is 1.62 bits per heavy atom. The highest BCUT2D eigenvalue weighted by Gasteiger charge is 2.07. The third-order valence-electron chi connectivity index (χ3n) is 2.09. The van der Waals surface area contributed by atoms with Crippen molar-refractivity contribution < 1.29 is 4.39 Å². The third kappa shape index (κ3) is 3.33. The van der Waals surface area contributed by atoms with Crippen LogP contribution in [-0.2, 0) is 0 Å². The minimum atomic E-state index is -0.238. The molecule has 0 N–H and O–H groups in total. The molecule has 1 aromatic carbocycles. The van der Waals surface area contributed by atoms with Gasteiger partial charge in [0.1, 0.15) is 5.82 Å². The highest BCUT2D eigenvalue weighted by molar-refractivity contribution is 5.49. The van der Waals surface area contributed by atoms with Gasteiger partial charge in [-0.1, -0.05) is 24.0 Å². The van der Waals surface area contributed by atoms with E-state index in [4.69, 9.17) is 0 Å². The summed E-state index contributed by atoms with van der Waals surface area (Å²) in [5.74, 6) is 11.2. The summed E-state index contributed by atoms with van der Waals surface area (Å²) in [5, 5.41) is 0. The van der Waals surface area contributed by atoms with Gasteiger partial charge >= 0.3 is 0 Å². The normalized spacial score (nSPS) is 8.44. The van der Waals surface area contributed by atoms with Crippen LogP contribution in [-0.4, -0.2) is 13.1 Å². The van der Waals surface area contributed by atoms with Crippen LogP contribution in [0.2, 0.25) is 0 Å². The average Bonchev–Trinajstić information content (AvgIpc) is 2.31. The summed E-state index contributed by atoms with van der Waals surface area (Å²) in [4.78, 5) is 1.82. The quantitative estimate of drug-likeness (QED) is 0.701. The summed E-state index contributed by atoms with van der Waals surface area (Å²) < 4.78 is 13.6. The lowest BCUT2D eigenvalue weighted by molar-refractivity contribution is 0.623. The number of rotatable bonds is 3. The van der Waals surface area contributed by atoms with Crippen LogP contribution in [0.15, 0.2) is 24.3 Å². The number of hydrogen-bond acceptors (Lipinski definition) is 1. The second-order valence-corrected chi connectivity index (χ2v) is 3.16. The highest BCUT2D eigenvalue weighted by atomic mass is 19.1. The zero-order valence-corrected chi connectivity index (χ0v) is 9.55. The molecule has 0 aliphatic carbocycles. The molecule has 0 fully saturated rings. The van der Waals surface area contributed by atoms with Gasteiger partial charge in [-0.05, 0) is 26.0 Å². The van der Waals surface area contributed by atoms with Crippen molar-refractivity contribution in [1.29, 1.82) is 0 Å². The topological polar surface area (TPSA) is 3.24 Å². The van der Waals surface area contributed by atoms with Crippen LogP contribution in [0, 0.1) is 29.5 Å². The zero-order chi connectivity index (χ0) is 11.8. The van der Waals surface area contributed by atoms with E-state index in [1.807, 2.05) is 11.0 Å². The van der Waals surface area contributed by atoms with E-state index in [2.05, 4.69) is 23.7 Å².